The van der Waals surface area contributed by atoms with Crippen molar-refractivity contribution < 1.29 is 47.5 Å². The van der Waals surface area contributed by atoms with Crippen molar-refractivity contribution in [2.75, 3.05) is 27.9 Å². The summed E-state index contributed by atoms with van der Waals surface area (Å²) < 4.78 is 37.4. The molecule has 0 N–H and O–H groups in total. The first-order valence-corrected chi connectivity index (χ1v) is 7.96. The van der Waals surface area contributed by atoms with E-state index in [9.17, 15) is 14.4 Å². The number of hydrogen-bond donors (Lipinski definition) is 0. The van der Waals surface area contributed by atoms with Crippen LogP contribution in [0.25, 0.3) is 0 Å². The first-order valence-electron chi connectivity index (χ1n) is 7.96. The molecule has 0 saturated carbocycles. The Morgan fingerprint density at radius 2 is 1.46 bits per heavy atom. The number of ether oxygens (including phenoxy) is 7. The van der Waals surface area contributed by atoms with Crippen LogP contribution < -0.4 is 0 Å². The molecule has 1 aliphatic heterocycles. The van der Waals surface area contributed by atoms with Gasteiger partial charge in [0.05, 0.1) is 0 Å². The van der Waals surface area contributed by atoms with E-state index in [0.29, 0.717) is 0 Å². The molecule has 1 heterocycles. The molecule has 10 nitrogen and oxygen atoms in total. The van der Waals surface area contributed by atoms with Gasteiger partial charge in [-0.1, -0.05) is 0 Å². The Morgan fingerprint density at radius 3 is 1.88 bits per heavy atom. The molecule has 10 heteroatoms. The predicted molar refractivity (Wildman–Crippen MR) is 85.0 cm³/mol. The Labute approximate surface area is 151 Å². The summed E-state index contributed by atoms with van der Waals surface area (Å²) in [5.41, 5.74) is 0. The third kappa shape index (κ3) is 5.90. The number of methoxy groups -OCH3 is 3. The van der Waals surface area contributed by atoms with Crippen molar-refractivity contribution in [3.8, 4) is 0 Å². The van der Waals surface area contributed by atoms with Gasteiger partial charge >= 0.3 is 17.9 Å². The van der Waals surface area contributed by atoms with Crippen molar-refractivity contribution in [2.24, 2.45) is 0 Å². The molecule has 0 aromatic carbocycles. The average Bonchev–Trinajstić information content (AvgIpc) is 2.56. The van der Waals surface area contributed by atoms with E-state index in [1.807, 2.05) is 0 Å². The highest BCUT2D eigenvalue weighted by Crippen LogP contribution is 2.30. The van der Waals surface area contributed by atoms with E-state index in [4.69, 9.17) is 33.2 Å². The maximum atomic E-state index is 11.5. The van der Waals surface area contributed by atoms with E-state index in [1.54, 1.807) is 0 Å². The fraction of sp³-hybridized carbons (Fsp3) is 0.812. The summed E-state index contributed by atoms with van der Waals surface area (Å²) in [6.07, 6.45) is -5.36. The standard InChI is InChI=1S/C16H26O10/c1-8(17)23-7-11(24-9(2)18)12-13(20-4)14(21-5)15(25-10(3)19)16(22-6)26-12/h11-16H,7H2,1-6H3/t11-,12-,13-,14+,15-,16-/m1/s1. The number of esters is 3. The van der Waals surface area contributed by atoms with Gasteiger partial charge in [0.1, 0.15) is 24.9 Å². The van der Waals surface area contributed by atoms with Gasteiger partial charge in [0.15, 0.2) is 18.5 Å². The Balaban J connectivity index is 3.14. The second-order valence-electron chi connectivity index (χ2n) is 5.63. The van der Waals surface area contributed by atoms with Crippen LogP contribution in [0.15, 0.2) is 0 Å². The maximum absolute atomic E-state index is 11.5. The minimum absolute atomic E-state index is 0.245. The lowest BCUT2D eigenvalue weighted by molar-refractivity contribution is -0.315. The smallest absolute Gasteiger partial charge is 0.303 e. The largest absolute Gasteiger partial charge is 0.462 e. The molecule has 0 aromatic rings. The zero-order valence-corrected chi connectivity index (χ0v) is 15.8. The van der Waals surface area contributed by atoms with E-state index in [2.05, 4.69) is 0 Å². The zero-order chi connectivity index (χ0) is 19.9. The summed E-state index contributed by atoms with van der Waals surface area (Å²) in [4.78, 5) is 34.0. The van der Waals surface area contributed by atoms with Gasteiger partial charge in [-0.2, -0.15) is 0 Å². The molecule has 1 fully saturated rings. The van der Waals surface area contributed by atoms with E-state index >= 15 is 0 Å². The summed E-state index contributed by atoms with van der Waals surface area (Å²) >= 11 is 0. The monoisotopic (exact) mass is 378 g/mol. The topological polar surface area (TPSA) is 116 Å². The van der Waals surface area contributed by atoms with Crippen molar-refractivity contribution in [3.63, 3.8) is 0 Å². The molecule has 0 unspecified atom stereocenters. The summed E-state index contributed by atoms with van der Waals surface area (Å²) in [7, 11) is 4.18. The summed E-state index contributed by atoms with van der Waals surface area (Å²) in [5.74, 6) is -1.69. The van der Waals surface area contributed by atoms with Crippen molar-refractivity contribution >= 4 is 17.9 Å². The molecule has 0 amide bonds. The van der Waals surface area contributed by atoms with Crippen LogP contribution in [0.4, 0.5) is 0 Å². The lowest BCUT2D eigenvalue weighted by Crippen LogP contribution is -2.64. The molecule has 0 radical (unpaired) electrons. The summed E-state index contributed by atoms with van der Waals surface area (Å²) in [6, 6.07) is 0. The second-order valence-corrected chi connectivity index (χ2v) is 5.63. The highest BCUT2D eigenvalue weighted by molar-refractivity contribution is 5.67. The fourth-order valence-electron chi connectivity index (χ4n) is 2.79. The Kier molecular flexibility index (Phi) is 8.93. The van der Waals surface area contributed by atoms with Crippen LogP contribution in [0, 0.1) is 0 Å². The molecular weight excluding hydrogens is 352 g/mol. The highest BCUT2D eigenvalue weighted by Gasteiger charge is 2.52. The lowest BCUT2D eigenvalue weighted by atomic mass is 9.94. The molecule has 1 aliphatic rings. The summed E-state index contributed by atoms with van der Waals surface area (Å²) in [5, 5.41) is 0. The maximum Gasteiger partial charge on any atom is 0.303 e. The Morgan fingerprint density at radius 1 is 0.846 bits per heavy atom. The van der Waals surface area contributed by atoms with E-state index in [1.165, 1.54) is 42.1 Å². The van der Waals surface area contributed by atoms with Crippen molar-refractivity contribution in [2.45, 2.75) is 57.6 Å². The minimum atomic E-state index is -1.00. The normalized spacial score (nSPS) is 29.5. The van der Waals surface area contributed by atoms with Crippen LogP contribution in [-0.2, 0) is 47.5 Å². The molecule has 6 atom stereocenters. The first-order chi connectivity index (χ1) is 12.2. The molecule has 0 aromatic heterocycles. The van der Waals surface area contributed by atoms with Gasteiger partial charge in [0, 0.05) is 42.1 Å². The fourth-order valence-corrected chi connectivity index (χ4v) is 2.79. The van der Waals surface area contributed by atoms with Crippen LogP contribution >= 0.6 is 0 Å². The van der Waals surface area contributed by atoms with Crippen LogP contribution in [0.2, 0.25) is 0 Å². The molecule has 0 spiro atoms. The first kappa shape index (κ1) is 22.3. The average molecular weight is 378 g/mol. The quantitative estimate of drug-likeness (QED) is 0.416. The van der Waals surface area contributed by atoms with Gasteiger partial charge in [-0.05, 0) is 0 Å². The number of carbonyl (C=O) groups is 3. The molecular formula is C16H26O10. The van der Waals surface area contributed by atoms with Crippen molar-refractivity contribution in [3.05, 3.63) is 0 Å². The van der Waals surface area contributed by atoms with Gasteiger partial charge < -0.3 is 33.2 Å². The van der Waals surface area contributed by atoms with E-state index in [-0.39, 0.29) is 6.61 Å². The van der Waals surface area contributed by atoms with E-state index in [0.717, 1.165) is 0 Å². The van der Waals surface area contributed by atoms with E-state index < -0.39 is 54.7 Å². The number of carbonyl (C=O) groups excluding carboxylic acids is 3. The third-order valence-corrected chi connectivity index (χ3v) is 3.74. The number of rotatable bonds is 8. The van der Waals surface area contributed by atoms with Crippen LogP contribution in [0.1, 0.15) is 20.8 Å². The molecule has 1 rings (SSSR count). The van der Waals surface area contributed by atoms with Crippen LogP contribution in [-0.4, -0.2) is 82.7 Å². The molecule has 1 saturated heterocycles. The van der Waals surface area contributed by atoms with Gasteiger partial charge in [-0.25, -0.2) is 0 Å². The summed E-state index contributed by atoms with van der Waals surface area (Å²) in [6.45, 7) is 3.45. The van der Waals surface area contributed by atoms with Gasteiger partial charge in [0.2, 0.25) is 0 Å². The third-order valence-electron chi connectivity index (χ3n) is 3.74. The van der Waals surface area contributed by atoms with Gasteiger partial charge in [-0.3, -0.25) is 14.4 Å². The number of hydrogen-bond acceptors (Lipinski definition) is 10. The predicted octanol–water partition coefficient (Wildman–Crippen LogP) is -0.186. The van der Waals surface area contributed by atoms with Crippen molar-refractivity contribution in [1.82, 2.24) is 0 Å². The zero-order valence-electron chi connectivity index (χ0n) is 15.8. The molecule has 0 bridgehead atoms. The van der Waals surface area contributed by atoms with Crippen LogP contribution in [0.3, 0.4) is 0 Å². The van der Waals surface area contributed by atoms with Gasteiger partial charge in [-0.15, -0.1) is 0 Å². The van der Waals surface area contributed by atoms with Gasteiger partial charge in [0.25, 0.3) is 0 Å². The molecule has 0 aliphatic carbocycles. The Hall–Kier alpha value is -1.75. The SMILES string of the molecule is CO[C@@H]1O[C@H]([C@@H](COC(C)=O)OC(C)=O)[C@@H](OC)[C@H](OC)[C@H]1OC(C)=O. The Bertz CT molecular complexity index is 493. The minimum Gasteiger partial charge on any atom is -0.462 e. The molecule has 26 heavy (non-hydrogen) atoms. The highest BCUT2D eigenvalue weighted by atomic mass is 16.7. The molecule has 150 valence electrons. The van der Waals surface area contributed by atoms with Crippen molar-refractivity contribution in [1.29, 1.82) is 0 Å². The van der Waals surface area contributed by atoms with Crippen LogP contribution in [0.5, 0.6) is 0 Å². The second kappa shape index (κ2) is 10.4. The lowest BCUT2D eigenvalue weighted by Gasteiger charge is -2.45.